The molecule has 2 aliphatic rings. The van der Waals surface area contributed by atoms with Gasteiger partial charge in [0.2, 0.25) is 0 Å². The van der Waals surface area contributed by atoms with Crippen LogP contribution in [0.3, 0.4) is 0 Å². The van der Waals surface area contributed by atoms with E-state index in [1.54, 1.807) is 30.3 Å². The number of phenols is 6. The van der Waals surface area contributed by atoms with Crippen LogP contribution in [0.2, 0.25) is 0 Å². The summed E-state index contributed by atoms with van der Waals surface area (Å²) in [5, 5.41) is 72.5. The van der Waals surface area contributed by atoms with Gasteiger partial charge >= 0.3 is 0 Å². The summed E-state index contributed by atoms with van der Waals surface area (Å²) in [6.07, 6.45) is -2.20. The lowest BCUT2D eigenvalue weighted by Gasteiger charge is -2.37. The number of benzene rings is 4. The van der Waals surface area contributed by atoms with Gasteiger partial charge in [-0.1, -0.05) is 24.3 Å². The van der Waals surface area contributed by atoms with Crippen molar-refractivity contribution in [3.8, 4) is 46.0 Å². The van der Waals surface area contributed by atoms with Crippen LogP contribution >= 0.6 is 0 Å². The van der Waals surface area contributed by atoms with Gasteiger partial charge in [0, 0.05) is 41.2 Å². The number of aromatic hydroxyl groups is 6. The smallest absolute Gasteiger partial charge is 0.157 e. The minimum absolute atomic E-state index is 0.00221. The Morgan fingerprint density at radius 1 is 0.641 bits per heavy atom. The van der Waals surface area contributed by atoms with E-state index in [2.05, 4.69) is 0 Å². The zero-order valence-electron chi connectivity index (χ0n) is 20.5. The van der Waals surface area contributed by atoms with Crippen LogP contribution in [0.5, 0.6) is 46.0 Å². The molecular weight excluding hydrogens is 504 g/mol. The fourth-order valence-corrected chi connectivity index (χ4v) is 5.51. The molecule has 0 aromatic heterocycles. The van der Waals surface area contributed by atoms with Crippen molar-refractivity contribution in [3.05, 3.63) is 94.5 Å². The Kier molecular flexibility index (Phi) is 5.80. The third-order valence-corrected chi connectivity index (χ3v) is 7.42. The number of aliphatic hydroxyl groups excluding tert-OH is 1. The normalized spacial score (nSPS) is 21.8. The van der Waals surface area contributed by atoms with E-state index in [4.69, 9.17) is 9.47 Å². The average Bonchev–Trinajstić information content (AvgIpc) is 2.90. The van der Waals surface area contributed by atoms with Gasteiger partial charge < -0.3 is 45.2 Å². The van der Waals surface area contributed by atoms with Gasteiger partial charge in [-0.15, -0.1) is 0 Å². The number of aliphatic hydroxyl groups is 1. The Bertz CT molecular complexity index is 1560. The first-order chi connectivity index (χ1) is 18.7. The number of phenolic OH excluding ortho intramolecular Hbond substituents is 6. The molecule has 0 spiro atoms. The second kappa shape index (κ2) is 9.21. The molecule has 2 heterocycles. The quantitative estimate of drug-likeness (QED) is 0.188. The van der Waals surface area contributed by atoms with Gasteiger partial charge in [0.25, 0.3) is 0 Å². The molecule has 4 atom stereocenters. The molecule has 9 heteroatoms. The Balaban J connectivity index is 1.49. The van der Waals surface area contributed by atoms with Crippen LogP contribution in [0.25, 0.3) is 0 Å². The predicted octanol–water partition coefficient (Wildman–Crippen LogP) is 4.61. The van der Waals surface area contributed by atoms with Crippen molar-refractivity contribution in [2.45, 2.75) is 37.1 Å². The van der Waals surface area contributed by atoms with E-state index >= 15 is 0 Å². The molecule has 7 N–H and O–H groups in total. The van der Waals surface area contributed by atoms with E-state index in [0.29, 0.717) is 34.4 Å². The van der Waals surface area contributed by atoms with Crippen LogP contribution in [0.4, 0.5) is 0 Å². The summed E-state index contributed by atoms with van der Waals surface area (Å²) < 4.78 is 12.5. The fraction of sp³-hybridized carbons (Fsp3) is 0.200. The van der Waals surface area contributed by atoms with Crippen molar-refractivity contribution in [2.75, 3.05) is 0 Å². The Morgan fingerprint density at radius 2 is 1.36 bits per heavy atom. The average molecular weight is 531 g/mol. The summed E-state index contributed by atoms with van der Waals surface area (Å²) in [4.78, 5) is 0. The molecule has 0 amide bonds. The largest absolute Gasteiger partial charge is 0.508 e. The van der Waals surface area contributed by atoms with E-state index in [-0.39, 0.29) is 46.7 Å². The third kappa shape index (κ3) is 4.26. The maximum Gasteiger partial charge on any atom is 0.157 e. The Hall–Kier alpha value is -4.76. The van der Waals surface area contributed by atoms with Crippen molar-refractivity contribution in [2.24, 2.45) is 0 Å². The van der Waals surface area contributed by atoms with Gasteiger partial charge in [-0.25, -0.2) is 0 Å². The fourth-order valence-electron chi connectivity index (χ4n) is 5.51. The number of rotatable bonds is 3. The molecule has 0 aliphatic carbocycles. The highest BCUT2D eigenvalue weighted by atomic mass is 16.5. The highest BCUT2D eigenvalue weighted by Gasteiger charge is 2.40. The molecule has 6 rings (SSSR count). The predicted molar refractivity (Wildman–Crippen MR) is 139 cm³/mol. The number of hydrogen-bond donors (Lipinski definition) is 7. The molecule has 2 aliphatic heterocycles. The number of hydrogen-bond acceptors (Lipinski definition) is 9. The summed E-state index contributed by atoms with van der Waals surface area (Å²) in [7, 11) is 0. The first-order valence-corrected chi connectivity index (χ1v) is 12.4. The molecular formula is C30H26O9. The Morgan fingerprint density at radius 3 is 2.10 bits per heavy atom. The number of fused-ring (bicyclic) bond motifs is 2. The molecule has 4 aromatic carbocycles. The maximum absolute atomic E-state index is 11.2. The van der Waals surface area contributed by atoms with Gasteiger partial charge in [0.1, 0.15) is 46.7 Å². The maximum atomic E-state index is 11.2. The molecule has 0 saturated heterocycles. The van der Waals surface area contributed by atoms with Crippen LogP contribution in [0, 0.1) is 0 Å². The van der Waals surface area contributed by atoms with E-state index < -0.39 is 24.2 Å². The highest BCUT2D eigenvalue weighted by Crippen LogP contribution is 2.55. The van der Waals surface area contributed by atoms with Crippen LogP contribution in [-0.4, -0.2) is 41.8 Å². The van der Waals surface area contributed by atoms with Crippen LogP contribution in [-0.2, 0) is 6.42 Å². The minimum Gasteiger partial charge on any atom is -0.508 e. The second-order valence-corrected chi connectivity index (χ2v) is 9.90. The molecule has 0 bridgehead atoms. The van der Waals surface area contributed by atoms with Crippen molar-refractivity contribution in [3.63, 3.8) is 0 Å². The zero-order chi connectivity index (χ0) is 27.4. The summed E-state index contributed by atoms with van der Waals surface area (Å²) in [5.41, 5.74) is 2.55. The summed E-state index contributed by atoms with van der Waals surface area (Å²) in [6.45, 7) is 0. The molecule has 200 valence electrons. The van der Waals surface area contributed by atoms with E-state index in [9.17, 15) is 35.7 Å². The van der Waals surface area contributed by atoms with Gasteiger partial charge in [0.05, 0.1) is 6.10 Å². The first kappa shape index (κ1) is 24.6. The SMILES string of the molecule is Oc1ccc(C2C[C@@H](c3c(O)cc(O)c4c3O[C@H](c3ccc(O)c(O)c3)[C@@H](O)C4)c3ccc(O)cc3O2)cc1. The standard InChI is InChI=1S/C30H26O9/c31-16-4-1-14(2-5-16)26-12-19(18-7-6-17(32)10-27(18)38-26)28-24(36)13-22(34)20-11-25(37)29(39-30(20)28)15-3-8-21(33)23(35)9-15/h1-10,13,19,25-26,29,31-37H,11-12H2/t19-,25+,26?,29-/m1/s1. The zero-order valence-corrected chi connectivity index (χ0v) is 20.5. The lowest BCUT2D eigenvalue weighted by molar-refractivity contribution is 0.0184. The molecule has 0 radical (unpaired) electrons. The van der Waals surface area contributed by atoms with Gasteiger partial charge in [-0.2, -0.15) is 0 Å². The molecule has 39 heavy (non-hydrogen) atoms. The van der Waals surface area contributed by atoms with Gasteiger partial charge in [-0.3, -0.25) is 0 Å². The second-order valence-electron chi connectivity index (χ2n) is 9.90. The van der Waals surface area contributed by atoms with Crippen molar-refractivity contribution < 1.29 is 45.2 Å². The molecule has 9 nitrogen and oxygen atoms in total. The monoisotopic (exact) mass is 530 g/mol. The molecule has 1 unspecified atom stereocenters. The highest BCUT2D eigenvalue weighted by molar-refractivity contribution is 5.63. The van der Waals surface area contributed by atoms with Crippen LogP contribution in [0.1, 0.15) is 52.4 Å². The van der Waals surface area contributed by atoms with E-state index in [0.717, 1.165) is 5.56 Å². The molecule has 0 fully saturated rings. The Labute approximate surface area is 223 Å². The molecule has 0 saturated carbocycles. The third-order valence-electron chi connectivity index (χ3n) is 7.42. The lowest BCUT2D eigenvalue weighted by atomic mass is 9.79. The minimum atomic E-state index is -1.09. The summed E-state index contributed by atoms with van der Waals surface area (Å²) in [5.74, 6) is -0.935. The first-order valence-electron chi connectivity index (χ1n) is 12.4. The van der Waals surface area contributed by atoms with Gasteiger partial charge in [0.15, 0.2) is 11.5 Å². The summed E-state index contributed by atoms with van der Waals surface area (Å²) >= 11 is 0. The van der Waals surface area contributed by atoms with Crippen molar-refractivity contribution in [1.82, 2.24) is 0 Å². The van der Waals surface area contributed by atoms with Crippen LogP contribution < -0.4 is 9.47 Å². The van der Waals surface area contributed by atoms with E-state index in [1.165, 1.54) is 36.4 Å². The number of ether oxygens (including phenoxy) is 2. The van der Waals surface area contributed by atoms with Crippen molar-refractivity contribution in [1.29, 1.82) is 0 Å². The molecule has 4 aromatic rings. The van der Waals surface area contributed by atoms with E-state index in [1.807, 2.05) is 0 Å². The summed E-state index contributed by atoms with van der Waals surface area (Å²) in [6, 6.07) is 16.6. The van der Waals surface area contributed by atoms with Gasteiger partial charge in [-0.05, 0) is 47.9 Å². The lowest BCUT2D eigenvalue weighted by Crippen LogP contribution is -2.31. The van der Waals surface area contributed by atoms with Crippen LogP contribution in [0.15, 0.2) is 66.7 Å². The van der Waals surface area contributed by atoms with Crippen molar-refractivity contribution >= 4 is 0 Å². The topological polar surface area (TPSA) is 160 Å².